The Hall–Kier alpha value is -3.36. The first-order valence-corrected chi connectivity index (χ1v) is 12.4. The van der Waals surface area contributed by atoms with E-state index in [1.54, 1.807) is 27.7 Å². The van der Waals surface area contributed by atoms with Gasteiger partial charge in [0.25, 0.3) is 5.56 Å². The van der Waals surface area contributed by atoms with E-state index in [9.17, 15) is 23.6 Å². The SMILES string of the molecule is CCC(C(=O)NC(CC(=O)OC(C)(C)C)C(=O)CF)c1ccnn(Cc2cccc(C(C)(C)C)c2)c1=O. The van der Waals surface area contributed by atoms with Crippen LogP contribution in [0.1, 0.15) is 83.9 Å². The number of hydrogen-bond acceptors (Lipinski definition) is 6. The maximum absolute atomic E-state index is 13.3. The molecular weight excluding hydrogens is 477 g/mol. The highest BCUT2D eigenvalue weighted by Crippen LogP contribution is 2.23. The highest BCUT2D eigenvalue weighted by Gasteiger charge is 2.30. The lowest BCUT2D eigenvalue weighted by Crippen LogP contribution is -2.46. The number of esters is 1. The summed E-state index contributed by atoms with van der Waals surface area (Å²) in [7, 11) is 0. The van der Waals surface area contributed by atoms with E-state index in [-0.39, 0.29) is 23.9 Å². The van der Waals surface area contributed by atoms with E-state index in [1.807, 2.05) is 24.3 Å². The van der Waals surface area contributed by atoms with Crippen LogP contribution in [0.15, 0.2) is 41.3 Å². The molecule has 202 valence electrons. The molecule has 0 aliphatic carbocycles. The first-order chi connectivity index (χ1) is 17.2. The molecular formula is C28H38FN3O5. The number of Topliss-reactive ketones (excluding diaryl/α,β-unsaturated/α-hetero) is 1. The summed E-state index contributed by atoms with van der Waals surface area (Å²) in [5.74, 6) is -3.25. The average molecular weight is 516 g/mol. The number of carbonyl (C=O) groups is 3. The fraction of sp³-hybridized carbons (Fsp3) is 0.536. The van der Waals surface area contributed by atoms with Gasteiger partial charge in [-0.15, -0.1) is 0 Å². The zero-order chi connectivity index (χ0) is 28.0. The highest BCUT2D eigenvalue weighted by molar-refractivity contribution is 5.94. The molecule has 1 amide bonds. The largest absolute Gasteiger partial charge is 0.460 e. The van der Waals surface area contributed by atoms with Gasteiger partial charge in [0.1, 0.15) is 18.3 Å². The van der Waals surface area contributed by atoms with E-state index in [2.05, 4.69) is 31.2 Å². The van der Waals surface area contributed by atoms with Crippen molar-refractivity contribution in [1.82, 2.24) is 15.1 Å². The van der Waals surface area contributed by atoms with Crippen LogP contribution in [0.4, 0.5) is 4.39 Å². The third-order valence-electron chi connectivity index (χ3n) is 5.79. The van der Waals surface area contributed by atoms with Crippen molar-refractivity contribution in [2.24, 2.45) is 0 Å². The third kappa shape index (κ3) is 8.61. The van der Waals surface area contributed by atoms with E-state index in [0.717, 1.165) is 11.1 Å². The third-order valence-corrected chi connectivity index (χ3v) is 5.79. The summed E-state index contributed by atoms with van der Waals surface area (Å²) in [6, 6.07) is 7.96. The summed E-state index contributed by atoms with van der Waals surface area (Å²) in [5.41, 5.74) is 0.910. The summed E-state index contributed by atoms with van der Waals surface area (Å²) < 4.78 is 19.7. The second-order valence-electron chi connectivity index (χ2n) is 11.1. The smallest absolute Gasteiger partial charge is 0.308 e. The summed E-state index contributed by atoms with van der Waals surface area (Å²) in [6.45, 7) is 11.9. The number of amides is 1. The van der Waals surface area contributed by atoms with Gasteiger partial charge in [0.15, 0.2) is 5.78 Å². The number of nitrogens with one attached hydrogen (secondary N) is 1. The molecule has 0 aliphatic rings. The van der Waals surface area contributed by atoms with Gasteiger partial charge in [-0.2, -0.15) is 5.10 Å². The summed E-state index contributed by atoms with van der Waals surface area (Å²) in [4.78, 5) is 50.8. The van der Waals surface area contributed by atoms with Crippen molar-refractivity contribution < 1.29 is 23.5 Å². The number of ketones is 1. The van der Waals surface area contributed by atoms with Crippen molar-refractivity contribution in [1.29, 1.82) is 0 Å². The minimum atomic E-state index is -1.40. The molecule has 2 unspecified atom stereocenters. The zero-order valence-corrected chi connectivity index (χ0v) is 22.8. The molecule has 0 spiro atoms. The predicted molar refractivity (Wildman–Crippen MR) is 139 cm³/mol. The zero-order valence-electron chi connectivity index (χ0n) is 22.8. The lowest BCUT2D eigenvalue weighted by atomic mass is 9.86. The topological polar surface area (TPSA) is 107 Å². The van der Waals surface area contributed by atoms with Gasteiger partial charge in [-0.05, 0) is 49.8 Å². The number of ether oxygens (including phenoxy) is 1. The molecule has 9 heteroatoms. The Morgan fingerprint density at radius 3 is 2.35 bits per heavy atom. The number of halogens is 1. The van der Waals surface area contributed by atoms with Crippen molar-refractivity contribution in [3.05, 3.63) is 63.6 Å². The van der Waals surface area contributed by atoms with Crippen LogP contribution in [0.2, 0.25) is 0 Å². The number of hydrogen-bond donors (Lipinski definition) is 1. The molecule has 0 bridgehead atoms. The minimum absolute atomic E-state index is 0.0610. The Bertz CT molecular complexity index is 1180. The van der Waals surface area contributed by atoms with E-state index in [0.29, 0.717) is 0 Å². The minimum Gasteiger partial charge on any atom is -0.460 e. The van der Waals surface area contributed by atoms with Crippen LogP contribution in [0.3, 0.4) is 0 Å². The molecule has 0 saturated carbocycles. The molecule has 2 rings (SSSR count). The van der Waals surface area contributed by atoms with Crippen molar-refractivity contribution in [3.8, 4) is 0 Å². The van der Waals surface area contributed by atoms with Crippen LogP contribution < -0.4 is 10.9 Å². The molecule has 1 heterocycles. The van der Waals surface area contributed by atoms with Gasteiger partial charge in [-0.25, -0.2) is 9.07 Å². The Morgan fingerprint density at radius 1 is 1.11 bits per heavy atom. The van der Waals surface area contributed by atoms with Crippen LogP contribution in [-0.2, 0) is 31.1 Å². The fourth-order valence-electron chi connectivity index (χ4n) is 3.86. The van der Waals surface area contributed by atoms with Crippen molar-refractivity contribution >= 4 is 17.7 Å². The quantitative estimate of drug-likeness (QED) is 0.482. The van der Waals surface area contributed by atoms with Crippen LogP contribution in [0.25, 0.3) is 0 Å². The summed E-state index contributed by atoms with van der Waals surface area (Å²) in [5, 5.41) is 6.64. The number of benzene rings is 1. The molecule has 2 atom stereocenters. The lowest BCUT2D eigenvalue weighted by Gasteiger charge is -2.23. The van der Waals surface area contributed by atoms with Crippen LogP contribution in [0, 0.1) is 0 Å². The molecule has 0 fully saturated rings. The van der Waals surface area contributed by atoms with Gasteiger partial charge in [0, 0.05) is 11.8 Å². The Kier molecular flexibility index (Phi) is 9.89. The number of aromatic nitrogens is 2. The maximum Gasteiger partial charge on any atom is 0.308 e. The number of rotatable bonds is 10. The lowest BCUT2D eigenvalue weighted by molar-refractivity contribution is -0.156. The number of carbonyl (C=O) groups excluding carboxylic acids is 3. The van der Waals surface area contributed by atoms with Gasteiger partial charge in [-0.3, -0.25) is 19.2 Å². The Morgan fingerprint density at radius 2 is 1.78 bits per heavy atom. The fourth-order valence-corrected chi connectivity index (χ4v) is 3.86. The van der Waals surface area contributed by atoms with Crippen molar-refractivity contribution in [2.75, 3.05) is 6.67 Å². The average Bonchev–Trinajstić information content (AvgIpc) is 2.79. The van der Waals surface area contributed by atoms with Gasteiger partial charge < -0.3 is 10.1 Å². The van der Waals surface area contributed by atoms with E-state index in [1.165, 1.54) is 16.9 Å². The van der Waals surface area contributed by atoms with Gasteiger partial charge in [0.05, 0.1) is 18.9 Å². The number of nitrogens with zero attached hydrogens (tertiary/aromatic N) is 2. The van der Waals surface area contributed by atoms with Gasteiger partial charge in [0.2, 0.25) is 5.91 Å². The highest BCUT2D eigenvalue weighted by atomic mass is 19.1. The van der Waals surface area contributed by atoms with Crippen molar-refractivity contribution in [3.63, 3.8) is 0 Å². The molecule has 0 radical (unpaired) electrons. The second kappa shape index (κ2) is 12.3. The van der Waals surface area contributed by atoms with Crippen molar-refractivity contribution in [2.45, 2.75) is 90.8 Å². The Balaban J connectivity index is 2.28. The van der Waals surface area contributed by atoms with Crippen LogP contribution in [0.5, 0.6) is 0 Å². The molecule has 37 heavy (non-hydrogen) atoms. The molecule has 2 aromatic rings. The molecule has 0 aliphatic heterocycles. The molecule has 1 aromatic carbocycles. The molecule has 0 saturated heterocycles. The summed E-state index contributed by atoms with van der Waals surface area (Å²) >= 11 is 0. The predicted octanol–water partition coefficient (Wildman–Crippen LogP) is 3.84. The molecule has 1 N–H and O–H groups in total. The second-order valence-corrected chi connectivity index (χ2v) is 11.1. The molecule has 1 aromatic heterocycles. The van der Waals surface area contributed by atoms with Gasteiger partial charge >= 0.3 is 5.97 Å². The molecule has 8 nitrogen and oxygen atoms in total. The van der Waals surface area contributed by atoms with Gasteiger partial charge in [-0.1, -0.05) is 52.0 Å². The monoisotopic (exact) mass is 515 g/mol. The first kappa shape index (κ1) is 29.9. The maximum atomic E-state index is 13.3. The normalized spacial score (nSPS) is 13.5. The van der Waals surface area contributed by atoms with E-state index in [4.69, 9.17) is 4.74 Å². The summed E-state index contributed by atoms with van der Waals surface area (Å²) in [6.07, 6.45) is 1.19. The standard InChI is InChI=1S/C28H38FN3O5/c1-8-20(25(35)31-22(23(33)16-29)15-24(34)37-28(5,6)7)21-12-13-30-32(26(21)36)17-18-10-9-11-19(14-18)27(2,3)4/h9-14,20,22H,8,15-17H2,1-7H3,(H,31,35). The van der Waals surface area contributed by atoms with Crippen LogP contribution >= 0.6 is 0 Å². The number of alkyl halides is 1. The first-order valence-electron chi connectivity index (χ1n) is 12.4. The van der Waals surface area contributed by atoms with E-state index < -0.39 is 53.9 Å². The van der Waals surface area contributed by atoms with E-state index >= 15 is 0 Å². The Labute approximate surface area is 217 Å². The van der Waals surface area contributed by atoms with Crippen LogP contribution in [-0.4, -0.2) is 45.8 Å².